The molecule has 0 bridgehead atoms. The van der Waals surface area contributed by atoms with Crippen LogP contribution in [0.4, 0.5) is 0 Å². The molecule has 2 aromatic rings. The minimum atomic E-state index is -3.60. The predicted octanol–water partition coefficient (Wildman–Crippen LogP) is 5.00. The maximum Gasteiger partial charge on any atom is 0.228 e. The summed E-state index contributed by atoms with van der Waals surface area (Å²) in [6.45, 7) is 3.89. The van der Waals surface area contributed by atoms with Crippen LogP contribution in [-0.2, 0) is 20.4 Å². The van der Waals surface area contributed by atoms with E-state index in [4.69, 9.17) is 16.0 Å². The van der Waals surface area contributed by atoms with E-state index in [1.165, 1.54) is 0 Å². The van der Waals surface area contributed by atoms with Crippen LogP contribution < -0.4 is 0 Å². The molecule has 152 valence electrons. The van der Waals surface area contributed by atoms with Crippen molar-refractivity contribution in [1.82, 2.24) is 4.98 Å². The van der Waals surface area contributed by atoms with Crippen LogP contribution in [0, 0.1) is 18.8 Å². The smallest absolute Gasteiger partial charge is 0.228 e. The summed E-state index contributed by atoms with van der Waals surface area (Å²) in [5.74, 6) is 0.791. The van der Waals surface area contributed by atoms with Gasteiger partial charge < -0.3 is 4.42 Å². The average Bonchev–Trinajstić information content (AvgIpc) is 2.96. The molecule has 0 amide bonds. The second kappa shape index (κ2) is 8.78. The number of benzene rings is 1. The van der Waals surface area contributed by atoms with Gasteiger partial charge in [-0.2, -0.15) is 0 Å². The van der Waals surface area contributed by atoms with Gasteiger partial charge in [0.25, 0.3) is 0 Å². The first-order valence-corrected chi connectivity index (χ1v) is 11.9. The molecule has 1 aromatic carbocycles. The summed E-state index contributed by atoms with van der Waals surface area (Å²) in [6.07, 6.45) is 4.61. The molecule has 5 nitrogen and oxygen atoms in total. The van der Waals surface area contributed by atoms with Gasteiger partial charge in [-0.3, -0.25) is 4.79 Å². The van der Waals surface area contributed by atoms with E-state index in [0.29, 0.717) is 40.3 Å². The monoisotopic (exact) mass is 423 g/mol. The fourth-order valence-corrected chi connectivity index (χ4v) is 5.34. The number of aryl methyl sites for hydroxylation is 1. The standard InChI is InChI=1S/C21H26ClNO4S/c1-14-7-9-16(10-8-14)11-17(24)12-28(25,26)13-20-15(2)27-21(23-20)18-5-3-4-6-19(18)22/h3-6,14,16H,7-13H2,1-2H3. The summed E-state index contributed by atoms with van der Waals surface area (Å²) < 4.78 is 30.7. The van der Waals surface area contributed by atoms with E-state index < -0.39 is 15.6 Å². The van der Waals surface area contributed by atoms with Crippen molar-refractivity contribution < 1.29 is 17.6 Å². The maximum absolute atomic E-state index is 12.5. The van der Waals surface area contributed by atoms with Crippen LogP contribution in [0.5, 0.6) is 0 Å². The zero-order valence-corrected chi connectivity index (χ0v) is 17.9. The van der Waals surface area contributed by atoms with Gasteiger partial charge in [0, 0.05) is 6.42 Å². The molecule has 1 heterocycles. The molecule has 1 aromatic heterocycles. The molecule has 28 heavy (non-hydrogen) atoms. The van der Waals surface area contributed by atoms with Crippen molar-refractivity contribution in [3.05, 3.63) is 40.7 Å². The van der Waals surface area contributed by atoms with E-state index in [2.05, 4.69) is 11.9 Å². The second-order valence-electron chi connectivity index (χ2n) is 7.90. The number of ketones is 1. The van der Waals surface area contributed by atoms with Crippen LogP contribution in [0.25, 0.3) is 11.5 Å². The summed E-state index contributed by atoms with van der Waals surface area (Å²) in [5, 5.41) is 0.482. The largest absolute Gasteiger partial charge is 0.441 e. The summed E-state index contributed by atoms with van der Waals surface area (Å²) in [4.78, 5) is 16.6. The Morgan fingerprint density at radius 1 is 1.21 bits per heavy atom. The first kappa shape index (κ1) is 21.1. The van der Waals surface area contributed by atoms with Crippen LogP contribution in [0.1, 0.15) is 50.5 Å². The van der Waals surface area contributed by atoms with Crippen LogP contribution in [-0.4, -0.2) is 24.9 Å². The van der Waals surface area contributed by atoms with Gasteiger partial charge in [0.1, 0.15) is 17.3 Å². The number of hydrogen-bond acceptors (Lipinski definition) is 5. The molecule has 0 atom stereocenters. The first-order chi connectivity index (χ1) is 13.2. The van der Waals surface area contributed by atoms with Crippen LogP contribution >= 0.6 is 11.6 Å². The normalized spacial score (nSPS) is 20.2. The Labute approximate surface area is 171 Å². The Morgan fingerprint density at radius 2 is 1.89 bits per heavy atom. The van der Waals surface area contributed by atoms with E-state index in [1.807, 2.05) is 6.07 Å². The Hall–Kier alpha value is -1.66. The van der Waals surface area contributed by atoms with E-state index in [1.54, 1.807) is 25.1 Å². The van der Waals surface area contributed by atoms with Crippen LogP contribution in [0.3, 0.4) is 0 Å². The zero-order valence-electron chi connectivity index (χ0n) is 16.3. The summed E-state index contributed by atoms with van der Waals surface area (Å²) in [6, 6.07) is 7.09. The average molecular weight is 424 g/mol. The topological polar surface area (TPSA) is 77.2 Å². The Morgan fingerprint density at radius 3 is 2.57 bits per heavy atom. The molecule has 0 N–H and O–H groups in total. The molecule has 1 fully saturated rings. The van der Waals surface area contributed by atoms with Gasteiger partial charge >= 0.3 is 0 Å². The number of halogens is 1. The third kappa shape index (κ3) is 5.45. The first-order valence-electron chi connectivity index (χ1n) is 9.67. The SMILES string of the molecule is Cc1oc(-c2ccccc2Cl)nc1CS(=O)(=O)CC(=O)CC1CCC(C)CC1. The molecule has 3 rings (SSSR count). The molecule has 1 aliphatic rings. The molecular formula is C21H26ClNO4S. The van der Waals surface area contributed by atoms with Gasteiger partial charge in [0.15, 0.2) is 9.84 Å². The van der Waals surface area contributed by atoms with E-state index in [-0.39, 0.29) is 17.4 Å². The van der Waals surface area contributed by atoms with Crippen molar-refractivity contribution in [2.24, 2.45) is 11.8 Å². The minimum absolute atomic E-state index is 0.202. The lowest BCUT2D eigenvalue weighted by Gasteiger charge is -2.25. The van der Waals surface area contributed by atoms with E-state index in [0.717, 1.165) is 25.7 Å². The second-order valence-corrected chi connectivity index (χ2v) is 10.4. The number of sulfone groups is 1. The van der Waals surface area contributed by atoms with Crippen molar-refractivity contribution in [1.29, 1.82) is 0 Å². The maximum atomic E-state index is 12.5. The summed E-state index contributed by atoms with van der Waals surface area (Å²) in [7, 11) is -3.60. The molecule has 0 saturated heterocycles. The van der Waals surface area contributed by atoms with Gasteiger partial charge in [-0.1, -0.05) is 43.5 Å². The molecule has 1 aliphatic carbocycles. The summed E-state index contributed by atoms with van der Waals surface area (Å²) >= 11 is 6.16. The highest BCUT2D eigenvalue weighted by Crippen LogP contribution is 2.31. The fourth-order valence-electron chi connectivity index (χ4n) is 3.73. The molecule has 0 unspecified atom stereocenters. The number of oxazole rings is 1. The van der Waals surface area contributed by atoms with Crippen LogP contribution in [0.15, 0.2) is 28.7 Å². The highest BCUT2D eigenvalue weighted by Gasteiger charge is 2.26. The molecule has 0 radical (unpaired) electrons. The van der Waals surface area contributed by atoms with Crippen molar-refractivity contribution in [2.45, 2.75) is 51.7 Å². The van der Waals surface area contributed by atoms with E-state index in [9.17, 15) is 13.2 Å². The number of carbonyl (C=O) groups excluding carboxylic acids is 1. The lowest BCUT2D eigenvalue weighted by Crippen LogP contribution is -2.22. The molecule has 0 aliphatic heterocycles. The van der Waals surface area contributed by atoms with Crippen molar-refractivity contribution in [2.75, 3.05) is 5.75 Å². The van der Waals surface area contributed by atoms with Gasteiger partial charge in [-0.05, 0) is 43.7 Å². The minimum Gasteiger partial charge on any atom is -0.441 e. The van der Waals surface area contributed by atoms with Crippen LogP contribution in [0.2, 0.25) is 5.02 Å². The number of nitrogens with zero attached hydrogens (tertiary/aromatic N) is 1. The lowest BCUT2D eigenvalue weighted by atomic mass is 9.81. The lowest BCUT2D eigenvalue weighted by molar-refractivity contribution is -0.117. The molecule has 7 heteroatoms. The Kier molecular flexibility index (Phi) is 6.61. The highest BCUT2D eigenvalue weighted by atomic mass is 35.5. The number of carbonyl (C=O) groups is 1. The van der Waals surface area contributed by atoms with Crippen molar-refractivity contribution in [3.63, 3.8) is 0 Å². The number of rotatable bonds is 7. The quantitative estimate of drug-likeness (QED) is 0.625. The number of Topliss-reactive ketones (excluding diaryl/α,β-unsaturated/α-hetero) is 1. The predicted molar refractivity (Wildman–Crippen MR) is 110 cm³/mol. The number of hydrogen-bond donors (Lipinski definition) is 0. The highest BCUT2D eigenvalue weighted by molar-refractivity contribution is 7.91. The van der Waals surface area contributed by atoms with E-state index >= 15 is 0 Å². The molecular weight excluding hydrogens is 398 g/mol. The molecule has 0 spiro atoms. The van der Waals surface area contributed by atoms with Gasteiger partial charge in [-0.15, -0.1) is 0 Å². The Bertz CT molecular complexity index is 943. The number of aromatic nitrogens is 1. The molecule has 1 saturated carbocycles. The third-order valence-electron chi connectivity index (χ3n) is 5.39. The van der Waals surface area contributed by atoms with Gasteiger partial charge in [-0.25, -0.2) is 13.4 Å². The Balaban J connectivity index is 1.64. The van der Waals surface area contributed by atoms with Crippen molar-refractivity contribution >= 4 is 27.2 Å². The fraction of sp³-hybridized carbons (Fsp3) is 0.524. The van der Waals surface area contributed by atoms with Gasteiger partial charge in [0.2, 0.25) is 5.89 Å². The summed E-state index contributed by atoms with van der Waals surface area (Å²) in [5.41, 5.74) is 0.938. The van der Waals surface area contributed by atoms with Gasteiger partial charge in [0.05, 0.1) is 22.0 Å². The van der Waals surface area contributed by atoms with Crippen molar-refractivity contribution in [3.8, 4) is 11.5 Å². The zero-order chi connectivity index (χ0) is 20.3. The third-order valence-corrected chi connectivity index (χ3v) is 7.19.